The number of nitrogens with two attached hydrogens (primary N) is 1. The molecule has 0 aromatic heterocycles. The summed E-state index contributed by atoms with van der Waals surface area (Å²) in [4.78, 5) is 13.4. The fourth-order valence-electron chi connectivity index (χ4n) is 2.32. The maximum absolute atomic E-state index is 12.3. The van der Waals surface area contributed by atoms with Crippen molar-refractivity contribution in [2.24, 2.45) is 5.73 Å². The summed E-state index contributed by atoms with van der Waals surface area (Å²) in [6.07, 6.45) is -4.10. The second kappa shape index (κ2) is 7.40. The predicted molar refractivity (Wildman–Crippen MR) is 76.8 cm³/mol. The molecular formula is C15H16F3N3O3. The highest BCUT2D eigenvalue weighted by molar-refractivity contribution is 5.67. The van der Waals surface area contributed by atoms with Gasteiger partial charge in [0.05, 0.1) is 11.6 Å². The molecule has 1 aromatic rings. The molecule has 0 atom stereocenters. The highest BCUT2D eigenvalue weighted by Crippen LogP contribution is 2.25. The average molecular weight is 343 g/mol. The van der Waals surface area contributed by atoms with Crippen LogP contribution in [0.4, 0.5) is 18.0 Å². The van der Waals surface area contributed by atoms with E-state index in [0.29, 0.717) is 25.9 Å². The minimum Gasteiger partial charge on any atom is -0.445 e. The van der Waals surface area contributed by atoms with E-state index < -0.39 is 18.2 Å². The van der Waals surface area contributed by atoms with Gasteiger partial charge in [0, 0.05) is 19.1 Å². The summed E-state index contributed by atoms with van der Waals surface area (Å²) in [7, 11) is 0. The molecule has 1 aromatic carbocycles. The van der Waals surface area contributed by atoms with Crippen molar-refractivity contribution in [1.82, 2.24) is 4.90 Å². The zero-order chi connectivity index (χ0) is 17.7. The van der Waals surface area contributed by atoms with Crippen LogP contribution in [0.2, 0.25) is 0 Å². The molecule has 1 amide bonds. The molecule has 6 nitrogen and oxygen atoms in total. The molecular weight excluding hydrogens is 327 g/mol. The van der Waals surface area contributed by atoms with E-state index in [2.05, 4.69) is 4.74 Å². The number of carbonyl (C=O) groups is 1. The number of nitrogens with zero attached hydrogens (tertiary/aromatic N) is 2. The normalized spacial score (nSPS) is 15.7. The van der Waals surface area contributed by atoms with Crippen molar-refractivity contribution in [1.29, 1.82) is 5.26 Å². The van der Waals surface area contributed by atoms with Gasteiger partial charge in [0.15, 0.2) is 0 Å². The number of hydrogen-bond donors (Lipinski definition) is 1. The number of likely N-dealkylation sites (tertiary alicyclic amines) is 1. The molecule has 1 fully saturated rings. The molecule has 0 spiro atoms. The molecule has 0 aliphatic carbocycles. The largest absolute Gasteiger partial charge is 0.573 e. The van der Waals surface area contributed by atoms with Gasteiger partial charge in [-0.05, 0) is 36.6 Å². The summed E-state index contributed by atoms with van der Waals surface area (Å²) in [5.74, 6) is -0.531. The fourth-order valence-corrected chi connectivity index (χ4v) is 2.32. The van der Waals surface area contributed by atoms with Crippen molar-refractivity contribution in [2.75, 3.05) is 13.1 Å². The Labute approximate surface area is 136 Å². The van der Waals surface area contributed by atoms with Gasteiger partial charge in [-0.1, -0.05) is 0 Å². The Hall–Kier alpha value is -2.47. The van der Waals surface area contributed by atoms with Crippen LogP contribution in [0.1, 0.15) is 24.0 Å². The Balaban J connectivity index is 2.00. The summed E-state index contributed by atoms with van der Waals surface area (Å²) in [6.45, 7) is 0.687. The number of benzene rings is 1. The topological polar surface area (TPSA) is 88.6 Å². The van der Waals surface area contributed by atoms with Crippen LogP contribution in [0.5, 0.6) is 5.75 Å². The third-order valence-corrected chi connectivity index (χ3v) is 3.49. The zero-order valence-corrected chi connectivity index (χ0v) is 12.7. The second-order valence-electron chi connectivity index (χ2n) is 5.40. The second-order valence-corrected chi connectivity index (χ2v) is 5.40. The summed E-state index contributed by atoms with van der Waals surface area (Å²) < 4.78 is 45.8. The molecule has 2 rings (SSSR count). The lowest BCUT2D eigenvalue weighted by Gasteiger charge is -2.29. The van der Waals surface area contributed by atoms with Gasteiger partial charge >= 0.3 is 12.5 Å². The number of carbonyl (C=O) groups excluding carboxylic acids is 1. The summed E-state index contributed by atoms with van der Waals surface area (Å²) >= 11 is 0. The Morgan fingerprint density at radius 3 is 2.58 bits per heavy atom. The minimum atomic E-state index is -4.87. The van der Waals surface area contributed by atoms with E-state index in [4.69, 9.17) is 15.7 Å². The van der Waals surface area contributed by atoms with Gasteiger partial charge in [-0.25, -0.2) is 4.79 Å². The van der Waals surface area contributed by atoms with Crippen LogP contribution < -0.4 is 10.5 Å². The van der Waals surface area contributed by atoms with Crippen LogP contribution in [0.3, 0.4) is 0 Å². The minimum absolute atomic E-state index is 0.0215. The highest BCUT2D eigenvalue weighted by Gasteiger charge is 2.31. The van der Waals surface area contributed by atoms with Crippen LogP contribution >= 0.6 is 0 Å². The van der Waals surface area contributed by atoms with E-state index in [1.807, 2.05) is 0 Å². The number of alkyl halides is 3. The Bertz CT molecular complexity index is 635. The number of amides is 1. The smallest absolute Gasteiger partial charge is 0.445 e. The summed E-state index contributed by atoms with van der Waals surface area (Å²) in [5, 5.41) is 8.88. The first-order valence-corrected chi connectivity index (χ1v) is 7.24. The predicted octanol–water partition coefficient (Wildman–Crippen LogP) is 2.52. The lowest BCUT2D eigenvalue weighted by atomic mass is 10.1. The molecule has 0 saturated carbocycles. The molecule has 1 heterocycles. The third-order valence-electron chi connectivity index (χ3n) is 3.49. The van der Waals surface area contributed by atoms with Gasteiger partial charge in [-0.2, -0.15) is 5.26 Å². The van der Waals surface area contributed by atoms with Crippen molar-refractivity contribution >= 4 is 6.09 Å². The van der Waals surface area contributed by atoms with E-state index in [-0.39, 0.29) is 23.8 Å². The third kappa shape index (κ3) is 5.31. The standard InChI is InChI=1S/C15H16F3N3O3/c16-15(17,18)24-13-6-10(8-19)5-11(7-13)9-23-14(22)21-3-1-12(20)2-4-21/h5-7,12H,1-4,9,20H2. The molecule has 24 heavy (non-hydrogen) atoms. The van der Waals surface area contributed by atoms with E-state index in [0.717, 1.165) is 12.1 Å². The number of nitriles is 1. The van der Waals surface area contributed by atoms with E-state index in [9.17, 15) is 18.0 Å². The monoisotopic (exact) mass is 343 g/mol. The maximum atomic E-state index is 12.3. The molecule has 0 unspecified atom stereocenters. The molecule has 0 bridgehead atoms. The van der Waals surface area contributed by atoms with Crippen molar-refractivity contribution < 1.29 is 27.4 Å². The van der Waals surface area contributed by atoms with Crippen LogP contribution in [0.25, 0.3) is 0 Å². The van der Waals surface area contributed by atoms with Crippen molar-refractivity contribution in [2.45, 2.75) is 31.9 Å². The van der Waals surface area contributed by atoms with E-state index >= 15 is 0 Å². The van der Waals surface area contributed by atoms with Gasteiger partial charge < -0.3 is 20.1 Å². The van der Waals surface area contributed by atoms with Crippen molar-refractivity contribution in [3.63, 3.8) is 0 Å². The van der Waals surface area contributed by atoms with Gasteiger partial charge in [-0.15, -0.1) is 13.2 Å². The summed E-state index contributed by atoms with van der Waals surface area (Å²) in [6, 6.07) is 5.17. The lowest BCUT2D eigenvalue weighted by molar-refractivity contribution is -0.274. The first-order chi connectivity index (χ1) is 11.3. The van der Waals surface area contributed by atoms with Gasteiger partial charge in [0.25, 0.3) is 0 Å². The quantitative estimate of drug-likeness (QED) is 0.911. The average Bonchev–Trinajstić information content (AvgIpc) is 2.51. The van der Waals surface area contributed by atoms with E-state index in [1.165, 1.54) is 11.0 Å². The van der Waals surface area contributed by atoms with Crippen LogP contribution in [0, 0.1) is 11.3 Å². The molecule has 1 saturated heterocycles. The first kappa shape index (κ1) is 17.9. The Morgan fingerprint density at radius 2 is 2.00 bits per heavy atom. The van der Waals surface area contributed by atoms with Gasteiger partial charge in [0.2, 0.25) is 0 Å². The molecule has 130 valence electrons. The number of hydrogen-bond acceptors (Lipinski definition) is 5. The van der Waals surface area contributed by atoms with Crippen molar-refractivity contribution in [3.8, 4) is 11.8 Å². The number of halogens is 3. The number of rotatable bonds is 3. The molecule has 1 aliphatic rings. The van der Waals surface area contributed by atoms with Crippen LogP contribution in [-0.4, -0.2) is 36.5 Å². The number of piperidine rings is 1. The SMILES string of the molecule is N#Cc1cc(COC(=O)N2CCC(N)CC2)cc(OC(F)(F)F)c1. The molecule has 0 radical (unpaired) electrons. The summed E-state index contributed by atoms with van der Waals surface area (Å²) in [5.41, 5.74) is 5.96. The van der Waals surface area contributed by atoms with Gasteiger partial charge in [-0.3, -0.25) is 0 Å². The molecule has 2 N–H and O–H groups in total. The lowest BCUT2D eigenvalue weighted by Crippen LogP contribution is -2.43. The van der Waals surface area contributed by atoms with Crippen LogP contribution in [-0.2, 0) is 11.3 Å². The molecule has 1 aliphatic heterocycles. The molecule has 9 heteroatoms. The van der Waals surface area contributed by atoms with Gasteiger partial charge in [0.1, 0.15) is 12.4 Å². The van der Waals surface area contributed by atoms with E-state index in [1.54, 1.807) is 6.07 Å². The Morgan fingerprint density at radius 1 is 1.33 bits per heavy atom. The number of ether oxygens (including phenoxy) is 2. The zero-order valence-electron chi connectivity index (χ0n) is 12.7. The maximum Gasteiger partial charge on any atom is 0.573 e. The van der Waals surface area contributed by atoms with Crippen LogP contribution in [0.15, 0.2) is 18.2 Å². The van der Waals surface area contributed by atoms with Crippen molar-refractivity contribution in [3.05, 3.63) is 29.3 Å². The highest BCUT2D eigenvalue weighted by atomic mass is 19.4. The Kier molecular flexibility index (Phi) is 5.51. The fraction of sp³-hybridized carbons (Fsp3) is 0.467. The first-order valence-electron chi connectivity index (χ1n) is 7.24.